The molecule has 107 valence electrons. The highest BCUT2D eigenvalue weighted by molar-refractivity contribution is 6.33. The Bertz CT molecular complexity index is 780. The van der Waals surface area contributed by atoms with E-state index in [9.17, 15) is 4.79 Å². The molecule has 0 N–H and O–H groups in total. The maximum absolute atomic E-state index is 12.1. The van der Waals surface area contributed by atoms with Crippen molar-refractivity contribution in [1.29, 1.82) is 0 Å². The number of halogens is 1. The van der Waals surface area contributed by atoms with Gasteiger partial charge in [-0.2, -0.15) is 0 Å². The number of carbonyl (C=O) groups excluding carboxylic acids is 1. The van der Waals surface area contributed by atoms with Crippen molar-refractivity contribution in [3.05, 3.63) is 89.4 Å². The number of carbonyl (C=O) groups is 1. The van der Waals surface area contributed by atoms with Gasteiger partial charge in [0.05, 0.1) is 10.6 Å². The smallest absolute Gasteiger partial charge is 0.345 e. The molecular formula is C19H12ClO2. The number of hydrogen-bond acceptors (Lipinski definition) is 2. The Morgan fingerprint density at radius 1 is 0.864 bits per heavy atom. The minimum absolute atomic E-state index is 0.354. The first-order chi connectivity index (χ1) is 10.7. The Labute approximate surface area is 133 Å². The molecule has 0 atom stereocenters. The predicted octanol–water partition coefficient (Wildman–Crippen LogP) is 5.03. The van der Waals surface area contributed by atoms with E-state index in [2.05, 4.69) is 6.07 Å². The van der Waals surface area contributed by atoms with E-state index in [1.807, 2.05) is 36.4 Å². The summed E-state index contributed by atoms with van der Waals surface area (Å²) in [5.74, 6) is 0.0174. The summed E-state index contributed by atoms with van der Waals surface area (Å²) in [6.45, 7) is 0. The third kappa shape index (κ3) is 3.18. The van der Waals surface area contributed by atoms with E-state index in [4.69, 9.17) is 16.3 Å². The van der Waals surface area contributed by atoms with Crippen molar-refractivity contribution in [2.24, 2.45) is 0 Å². The molecule has 2 nitrogen and oxygen atoms in total. The van der Waals surface area contributed by atoms with Crippen LogP contribution in [0, 0.1) is 6.07 Å². The third-order valence-electron chi connectivity index (χ3n) is 3.21. The van der Waals surface area contributed by atoms with E-state index in [-0.39, 0.29) is 0 Å². The molecule has 0 aliphatic heterocycles. The zero-order valence-electron chi connectivity index (χ0n) is 11.6. The Balaban J connectivity index is 1.77. The monoisotopic (exact) mass is 307 g/mol. The first kappa shape index (κ1) is 14.4. The molecule has 0 saturated carbocycles. The zero-order chi connectivity index (χ0) is 15.4. The van der Waals surface area contributed by atoms with Crippen LogP contribution in [0.5, 0.6) is 5.75 Å². The number of ether oxygens (including phenoxy) is 1. The highest BCUT2D eigenvalue weighted by atomic mass is 35.5. The zero-order valence-corrected chi connectivity index (χ0v) is 12.4. The van der Waals surface area contributed by atoms with E-state index >= 15 is 0 Å². The molecule has 3 aromatic rings. The lowest BCUT2D eigenvalue weighted by molar-refractivity contribution is 0.0735. The molecule has 22 heavy (non-hydrogen) atoms. The molecule has 0 aliphatic rings. The highest BCUT2D eigenvalue weighted by Crippen LogP contribution is 2.23. The average Bonchev–Trinajstić information content (AvgIpc) is 2.57. The normalized spacial score (nSPS) is 10.2. The molecule has 0 amide bonds. The van der Waals surface area contributed by atoms with Gasteiger partial charge in [-0.25, -0.2) is 4.79 Å². The highest BCUT2D eigenvalue weighted by Gasteiger charge is 2.12. The number of rotatable bonds is 3. The summed E-state index contributed by atoms with van der Waals surface area (Å²) < 4.78 is 5.34. The van der Waals surface area contributed by atoms with Gasteiger partial charge in [0.1, 0.15) is 5.75 Å². The molecule has 0 aliphatic carbocycles. The van der Waals surface area contributed by atoms with Gasteiger partial charge in [-0.05, 0) is 41.5 Å². The third-order valence-corrected chi connectivity index (χ3v) is 3.54. The second-order valence-electron chi connectivity index (χ2n) is 4.68. The van der Waals surface area contributed by atoms with Gasteiger partial charge < -0.3 is 4.74 Å². The summed E-state index contributed by atoms with van der Waals surface area (Å²) in [4.78, 5) is 12.1. The lowest BCUT2D eigenvalue weighted by Gasteiger charge is -2.07. The van der Waals surface area contributed by atoms with Crippen LogP contribution in [0.15, 0.2) is 72.8 Å². The summed E-state index contributed by atoms with van der Waals surface area (Å²) in [5, 5.41) is 0.379. The van der Waals surface area contributed by atoms with Gasteiger partial charge in [0.25, 0.3) is 0 Å². The van der Waals surface area contributed by atoms with Gasteiger partial charge in [0.15, 0.2) is 0 Å². The van der Waals surface area contributed by atoms with Crippen molar-refractivity contribution in [2.45, 2.75) is 0 Å². The molecule has 0 saturated heterocycles. The lowest BCUT2D eigenvalue weighted by Crippen LogP contribution is -2.08. The molecule has 0 spiro atoms. The Kier molecular flexibility index (Phi) is 4.22. The largest absolute Gasteiger partial charge is 0.423 e. The van der Waals surface area contributed by atoms with Gasteiger partial charge in [-0.1, -0.05) is 60.1 Å². The van der Waals surface area contributed by atoms with Crippen LogP contribution >= 0.6 is 11.6 Å². The van der Waals surface area contributed by atoms with Gasteiger partial charge >= 0.3 is 5.97 Å². The van der Waals surface area contributed by atoms with E-state index in [1.165, 1.54) is 0 Å². The molecule has 3 rings (SSSR count). The first-order valence-electron chi connectivity index (χ1n) is 6.77. The van der Waals surface area contributed by atoms with E-state index < -0.39 is 5.97 Å². The predicted molar refractivity (Wildman–Crippen MR) is 87.1 cm³/mol. The van der Waals surface area contributed by atoms with E-state index in [1.54, 1.807) is 36.4 Å². The molecular weight excluding hydrogens is 296 g/mol. The molecule has 0 heterocycles. The van der Waals surface area contributed by atoms with Gasteiger partial charge in [0, 0.05) is 0 Å². The summed E-state index contributed by atoms with van der Waals surface area (Å²) >= 11 is 5.99. The van der Waals surface area contributed by atoms with Crippen molar-refractivity contribution in [1.82, 2.24) is 0 Å². The van der Waals surface area contributed by atoms with E-state index in [0.29, 0.717) is 16.3 Å². The summed E-state index contributed by atoms with van der Waals surface area (Å²) in [5.41, 5.74) is 2.49. The van der Waals surface area contributed by atoms with Crippen LogP contribution in [0.1, 0.15) is 10.4 Å². The van der Waals surface area contributed by atoms with Gasteiger partial charge in [-0.15, -0.1) is 0 Å². The first-order valence-corrected chi connectivity index (χ1v) is 7.15. The maximum atomic E-state index is 12.1. The minimum Gasteiger partial charge on any atom is -0.423 e. The van der Waals surface area contributed by atoms with Crippen LogP contribution < -0.4 is 4.74 Å². The summed E-state index contributed by atoms with van der Waals surface area (Å²) in [6.07, 6.45) is 0. The maximum Gasteiger partial charge on any atom is 0.345 e. The number of hydrogen-bond donors (Lipinski definition) is 0. The molecule has 1 radical (unpaired) electrons. The summed E-state index contributed by atoms with van der Waals surface area (Å²) in [6, 6.07) is 24.8. The SMILES string of the molecule is O=C(Oc1ccc(-c2cc[c]cc2)cc1)c1ccccc1Cl. The van der Waals surface area contributed by atoms with Crippen LogP contribution in [0.4, 0.5) is 0 Å². The van der Waals surface area contributed by atoms with Gasteiger partial charge in [0.2, 0.25) is 0 Å². The van der Waals surface area contributed by atoms with Crippen LogP contribution in [0.25, 0.3) is 11.1 Å². The Morgan fingerprint density at radius 2 is 1.50 bits per heavy atom. The number of benzene rings is 3. The van der Waals surface area contributed by atoms with Crippen LogP contribution in [0.3, 0.4) is 0 Å². The second-order valence-corrected chi connectivity index (χ2v) is 5.09. The van der Waals surface area contributed by atoms with Crippen LogP contribution in [0.2, 0.25) is 5.02 Å². The fourth-order valence-corrected chi connectivity index (χ4v) is 2.30. The molecule has 0 aromatic heterocycles. The lowest BCUT2D eigenvalue weighted by atomic mass is 10.1. The fraction of sp³-hybridized carbons (Fsp3) is 0. The number of esters is 1. The Morgan fingerprint density at radius 3 is 2.18 bits per heavy atom. The average molecular weight is 308 g/mol. The second kappa shape index (κ2) is 6.46. The van der Waals surface area contributed by atoms with Crippen LogP contribution in [-0.2, 0) is 0 Å². The van der Waals surface area contributed by atoms with Crippen LogP contribution in [-0.4, -0.2) is 5.97 Å². The topological polar surface area (TPSA) is 26.3 Å². The molecule has 0 unspecified atom stereocenters. The van der Waals surface area contributed by atoms with Crippen molar-refractivity contribution in [3.8, 4) is 16.9 Å². The molecule has 0 bridgehead atoms. The van der Waals surface area contributed by atoms with Crippen molar-refractivity contribution < 1.29 is 9.53 Å². The van der Waals surface area contributed by atoms with Crippen molar-refractivity contribution in [2.75, 3.05) is 0 Å². The molecule has 0 fully saturated rings. The van der Waals surface area contributed by atoms with Crippen molar-refractivity contribution >= 4 is 17.6 Å². The molecule has 3 heteroatoms. The molecule has 3 aromatic carbocycles. The van der Waals surface area contributed by atoms with Crippen molar-refractivity contribution in [3.63, 3.8) is 0 Å². The summed E-state index contributed by atoms with van der Waals surface area (Å²) in [7, 11) is 0. The van der Waals surface area contributed by atoms with Gasteiger partial charge in [-0.3, -0.25) is 0 Å². The van der Waals surface area contributed by atoms with E-state index in [0.717, 1.165) is 11.1 Å². The minimum atomic E-state index is -0.465. The standard InChI is InChI=1S/C19H12ClO2/c20-18-9-5-4-8-17(18)19(21)22-16-12-10-15(11-13-16)14-6-2-1-3-7-14/h2-13H. The fourth-order valence-electron chi connectivity index (χ4n) is 2.08. The quantitative estimate of drug-likeness (QED) is 0.501. The Hall–Kier alpha value is -2.58.